The van der Waals surface area contributed by atoms with Crippen molar-refractivity contribution in [3.05, 3.63) is 0 Å². The maximum absolute atomic E-state index is 8.49. The monoisotopic (exact) mass is 377 g/mol. The molecule has 0 amide bonds. The summed E-state index contributed by atoms with van der Waals surface area (Å²) in [5.74, 6) is 0. The smallest absolute Gasteiger partial charge is 0.329 e. The summed E-state index contributed by atoms with van der Waals surface area (Å²) in [5.41, 5.74) is 11.1. The third-order valence-corrected chi connectivity index (χ3v) is 1.81. The van der Waals surface area contributed by atoms with E-state index < -0.39 is 20.5 Å². The Morgan fingerprint density at radius 2 is 0.947 bits per heavy atom. The van der Waals surface area contributed by atoms with Gasteiger partial charge in [-0.2, -0.15) is 0 Å². The van der Waals surface area contributed by atoms with Crippen molar-refractivity contribution in [2.45, 2.75) is 32.2 Å². The molecule has 0 spiro atoms. The molecule has 0 rings (SSSR count). The van der Waals surface area contributed by atoms with Gasteiger partial charge in [0, 0.05) is 12.1 Å². The maximum atomic E-state index is 8.49. The standard InChI is InChI=1S/C6H16N2.2ClHO4.Cu/c1-3-6(8,4-2)5-7;2*2-1(3,4)5;/h3-5,7-8H2,1-2H3;2*(H,2,3,4,5);/q;;;+2/p-2. The molecule has 123 valence electrons. The summed E-state index contributed by atoms with van der Waals surface area (Å²) in [6.45, 7) is 4.73. The molecule has 0 fully saturated rings. The minimum absolute atomic E-state index is 0. The Morgan fingerprint density at radius 1 is 0.789 bits per heavy atom. The fourth-order valence-corrected chi connectivity index (χ4v) is 0.539. The van der Waals surface area contributed by atoms with E-state index >= 15 is 0 Å². The van der Waals surface area contributed by atoms with E-state index in [0.29, 0.717) is 6.54 Å². The van der Waals surface area contributed by atoms with Crippen LogP contribution < -0.4 is 48.7 Å². The zero-order valence-electron chi connectivity index (χ0n) is 10.1. The van der Waals surface area contributed by atoms with Crippen molar-refractivity contribution in [3.63, 3.8) is 0 Å². The van der Waals surface area contributed by atoms with Crippen molar-refractivity contribution < 1.29 is 74.8 Å². The zero-order valence-corrected chi connectivity index (χ0v) is 12.6. The SMILES string of the molecule is CCC(N)(CC)CN.[Cu+2].[O-][Cl+3]([O-])([O-])[O-].[O-][Cl+3]([O-])([O-])[O-]. The van der Waals surface area contributed by atoms with Crippen molar-refractivity contribution in [1.82, 2.24) is 0 Å². The molecule has 10 nitrogen and oxygen atoms in total. The number of nitrogens with two attached hydrogens (primary N) is 2. The van der Waals surface area contributed by atoms with Crippen molar-refractivity contribution >= 4 is 0 Å². The van der Waals surface area contributed by atoms with Crippen LogP contribution in [0.15, 0.2) is 0 Å². The van der Waals surface area contributed by atoms with Crippen LogP contribution >= 0.6 is 0 Å². The topological polar surface area (TPSA) is 237 Å². The number of rotatable bonds is 3. The first kappa shape index (κ1) is 27.9. The molecule has 19 heavy (non-hydrogen) atoms. The Balaban J connectivity index is -0.0000000906. The second kappa shape index (κ2) is 12.4. The maximum Gasteiger partial charge on any atom is 2.00 e. The van der Waals surface area contributed by atoms with Gasteiger partial charge in [-0.1, -0.05) is 13.8 Å². The Kier molecular flexibility index (Phi) is 18.3. The third-order valence-electron chi connectivity index (χ3n) is 1.81. The molecule has 0 aromatic carbocycles. The van der Waals surface area contributed by atoms with Crippen molar-refractivity contribution in [2.24, 2.45) is 11.5 Å². The molecule has 0 aliphatic heterocycles. The van der Waals surface area contributed by atoms with Gasteiger partial charge in [0.1, 0.15) is 0 Å². The van der Waals surface area contributed by atoms with Crippen LogP contribution in [0.4, 0.5) is 0 Å². The molecule has 0 bridgehead atoms. The van der Waals surface area contributed by atoms with E-state index in [2.05, 4.69) is 13.8 Å². The third kappa shape index (κ3) is 55.4. The predicted octanol–water partition coefficient (Wildman–Crippen LogP) is -9.05. The van der Waals surface area contributed by atoms with E-state index in [1.165, 1.54) is 0 Å². The second-order valence-corrected chi connectivity index (χ2v) is 4.54. The van der Waals surface area contributed by atoms with Crippen molar-refractivity contribution in [2.75, 3.05) is 6.54 Å². The van der Waals surface area contributed by atoms with Crippen LogP contribution in [0.3, 0.4) is 0 Å². The van der Waals surface area contributed by atoms with Crippen LogP contribution in [0.25, 0.3) is 0 Å². The zero-order chi connectivity index (χ0) is 15.6. The van der Waals surface area contributed by atoms with Gasteiger partial charge < -0.3 is 11.5 Å². The molecule has 1 radical (unpaired) electrons. The Morgan fingerprint density at radius 3 is 0.947 bits per heavy atom. The first-order valence-corrected chi connectivity index (χ1v) is 6.88. The quantitative estimate of drug-likeness (QED) is 0.439. The first-order chi connectivity index (χ1) is 7.68. The van der Waals surface area contributed by atoms with E-state index in [1.807, 2.05) is 0 Å². The molecule has 0 heterocycles. The summed E-state index contributed by atoms with van der Waals surface area (Å²) in [6.07, 6.45) is 1.94. The Hall–Kier alpha value is 0.699. The molecule has 0 saturated heterocycles. The van der Waals surface area contributed by atoms with E-state index in [4.69, 9.17) is 48.7 Å². The van der Waals surface area contributed by atoms with Crippen LogP contribution in [0.5, 0.6) is 0 Å². The predicted molar refractivity (Wildman–Crippen MR) is 36.6 cm³/mol. The van der Waals surface area contributed by atoms with Gasteiger partial charge in [-0.25, -0.2) is 37.3 Å². The largest absolute Gasteiger partial charge is 2.00 e. The Labute approximate surface area is 125 Å². The van der Waals surface area contributed by atoms with Gasteiger partial charge >= 0.3 is 17.1 Å². The van der Waals surface area contributed by atoms with Gasteiger partial charge in [0.15, 0.2) is 0 Å². The fourth-order valence-electron chi connectivity index (χ4n) is 0.539. The average molecular weight is 379 g/mol. The van der Waals surface area contributed by atoms with Gasteiger partial charge in [0.05, 0.1) is 0 Å². The number of hydrogen-bond donors (Lipinski definition) is 2. The fraction of sp³-hybridized carbons (Fsp3) is 1.00. The molecule has 0 aromatic heterocycles. The first-order valence-electron chi connectivity index (χ1n) is 4.41. The van der Waals surface area contributed by atoms with Crippen LogP contribution in [0.1, 0.15) is 26.7 Å². The van der Waals surface area contributed by atoms with Crippen LogP contribution in [-0.2, 0) is 17.1 Å². The molecule has 0 atom stereocenters. The van der Waals surface area contributed by atoms with E-state index in [9.17, 15) is 0 Å². The van der Waals surface area contributed by atoms with Crippen LogP contribution in [0, 0.1) is 20.5 Å². The minimum atomic E-state index is -4.94. The summed E-state index contributed by atoms with van der Waals surface area (Å²) in [7, 11) is -9.89. The van der Waals surface area contributed by atoms with Crippen LogP contribution in [-0.4, -0.2) is 12.1 Å². The molecule has 4 N–H and O–H groups in total. The summed E-state index contributed by atoms with van der Waals surface area (Å²) < 4.78 is 67.9. The van der Waals surface area contributed by atoms with Crippen LogP contribution in [0.2, 0.25) is 0 Å². The molecular formula is C6H16Cl2CuN2O8. The van der Waals surface area contributed by atoms with Gasteiger partial charge in [-0.3, -0.25) is 0 Å². The van der Waals surface area contributed by atoms with E-state index in [-0.39, 0.29) is 22.6 Å². The summed E-state index contributed by atoms with van der Waals surface area (Å²) >= 11 is 0. The van der Waals surface area contributed by atoms with Crippen molar-refractivity contribution in [3.8, 4) is 0 Å². The molecule has 0 aromatic rings. The van der Waals surface area contributed by atoms with E-state index in [0.717, 1.165) is 12.8 Å². The number of hydrogen-bond acceptors (Lipinski definition) is 10. The van der Waals surface area contributed by atoms with Gasteiger partial charge in [-0.05, 0) is 12.8 Å². The average Bonchev–Trinajstić information content (AvgIpc) is 2.11. The molecule has 0 unspecified atom stereocenters. The molecule has 0 aliphatic rings. The molecule has 13 heteroatoms. The molecular weight excluding hydrogens is 363 g/mol. The minimum Gasteiger partial charge on any atom is -0.329 e. The normalized spacial score (nSPS) is 11.4. The summed E-state index contributed by atoms with van der Waals surface area (Å²) in [6, 6.07) is 0. The molecule has 0 aliphatic carbocycles. The van der Waals surface area contributed by atoms with Crippen molar-refractivity contribution in [1.29, 1.82) is 0 Å². The summed E-state index contributed by atoms with van der Waals surface area (Å²) in [4.78, 5) is 0. The summed E-state index contributed by atoms with van der Waals surface area (Å²) in [5, 5.41) is 0. The molecule has 0 saturated carbocycles. The Bertz CT molecular complexity index is 164. The van der Waals surface area contributed by atoms with Gasteiger partial charge in [-0.15, -0.1) is 20.5 Å². The second-order valence-electron chi connectivity index (χ2n) is 3.03. The van der Waals surface area contributed by atoms with Gasteiger partial charge in [0.25, 0.3) is 0 Å². The van der Waals surface area contributed by atoms with Gasteiger partial charge in [0.2, 0.25) is 0 Å². The number of halogens is 2. The van der Waals surface area contributed by atoms with E-state index in [1.54, 1.807) is 0 Å².